The van der Waals surface area contributed by atoms with Crippen molar-refractivity contribution in [3.8, 4) is 0 Å². The fourth-order valence-corrected chi connectivity index (χ4v) is 1.16. The van der Waals surface area contributed by atoms with Crippen LogP contribution in [0.3, 0.4) is 0 Å². The number of ether oxygens (including phenoxy) is 1. The second-order valence-electron chi connectivity index (χ2n) is 3.76. The molecular formula is C11H21NO4. The van der Waals surface area contributed by atoms with Crippen molar-refractivity contribution in [3.05, 3.63) is 0 Å². The fourth-order valence-electron chi connectivity index (χ4n) is 1.16. The first-order valence-corrected chi connectivity index (χ1v) is 5.65. The van der Waals surface area contributed by atoms with Gasteiger partial charge in [0.05, 0.1) is 0 Å². The van der Waals surface area contributed by atoms with Crippen molar-refractivity contribution >= 4 is 11.9 Å². The molecular weight excluding hydrogens is 210 g/mol. The average molecular weight is 231 g/mol. The maximum absolute atomic E-state index is 11.4. The van der Waals surface area contributed by atoms with Gasteiger partial charge in [-0.3, -0.25) is 4.79 Å². The third-order valence-electron chi connectivity index (χ3n) is 2.20. The molecule has 0 aliphatic heterocycles. The second-order valence-corrected chi connectivity index (χ2v) is 3.76. The highest BCUT2D eigenvalue weighted by Gasteiger charge is 2.19. The summed E-state index contributed by atoms with van der Waals surface area (Å²) in [5.41, 5.74) is 0. The van der Waals surface area contributed by atoms with E-state index in [9.17, 15) is 9.59 Å². The van der Waals surface area contributed by atoms with E-state index in [1.54, 1.807) is 6.92 Å². The number of rotatable bonds is 8. The van der Waals surface area contributed by atoms with E-state index >= 15 is 0 Å². The second kappa shape index (κ2) is 8.10. The molecule has 1 amide bonds. The molecule has 94 valence electrons. The van der Waals surface area contributed by atoms with E-state index < -0.39 is 18.2 Å². The molecule has 0 rings (SSSR count). The number of unbranched alkanes of at least 4 members (excludes halogenated alkanes) is 2. The van der Waals surface area contributed by atoms with Crippen molar-refractivity contribution in [3.63, 3.8) is 0 Å². The Hall–Kier alpha value is -1.10. The number of hydrogen-bond donors (Lipinski definition) is 2. The zero-order valence-corrected chi connectivity index (χ0v) is 10.2. The quantitative estimate of drug-likeness (QED) is 0.615. The molecule has 1 unspecified atom stereocenters. The Kier molecular flexibility index (Phi) is 7.54. The maximum Gasteiger partial charge on any atom is 0.332 e. The summed E-state index contributed by atoms with van der Waals surface area (Å²) in [6.45, 7) is 5.65. The smallest absolute Gasteiger partial charge is 0.332 e. The summed E-state index contributed by atoms with van der Waals surface area (Å²) in [6, 6.07) is 0. The third-order valence-corrected chi connectivity index (χ3v) is 2.20. The minimum atomic E-state index is -1.06. The van der Waals surface area contributed by atoms with Crippen LogP contribution in [0.25, 0.3) is 0 Å². The van der Waals surface area contributed by atoms with Gasteiger partial charge in [0, 0.05) is 6.54 Å². The molecule has 2 N–H and O–H groups in total. The number of amides is 1. The first kappa shape index (κ1) is 14.9. The van der Waals surface area contributed by atoms with Crippen LogP contribution in [0.4, 0.5) is 0 Å². The van der Waals surface area contributed by atoms with Crippen LogP contribution in [0, 0.1) is 0 Å². The van der Waals surface area contributed by atoms with Gasteiger partial charge < -0.3 is 15.2 Å². The average Bonchev–Trinajstić information content (AvgIpc) is 2.23. The van der Waals surface area contributed by atoms with Gasteiger partial charge in [-0.05, 0) is 20.3 Å². The van der Waals surface area contributed by atoms with Gasteiger partial charge in [-0.15, -0.1) is 0 Å². The predicted molar refractivity (Wildman–Crippen MR) is 60.2 cm³/mol. The molecule has 16 heavy (non-hydrogen) atoms. The fraction of sp³-hybridized carbons (Fsp3) is 0.818. The van der Waals surface area contributed by atoms with E-state index in [2.05, 4.69) is 12.2 Å². The Morgan fingerprint density at radius 3 is 2.38 bits per heavy atom. The number of hydrogen-bond acceptors (Lipinski definition) is 3. The van der Waals surface area contributed by atoms with E-state index in [-0.39, 0.29) is 5.91 Å². The summed E-state index contributed by atoms with van der Waals surface area (Å²) < 4.78 is 5.02. The number of carbonyl (C=O) groups excluding carboxylic acids is 1. The van der Waals surface area contributed by atoms with Crippen molar-refractivity contribution in [2.75, 3.05) is 6.54 Å². The molecule has 5 nitrogen and oxygen atoms in total. The Morgan fingerprint density at radius 2 is 1.88 bits per heavy atom. The highest BCUT2D eigenvalue weighted by Crippen LogP contribution is 1.99. The van der Waals surface area contributed by atoms with Gasteiger partial charge >= 0.3 is 5.97 Å². The lowest BCUT2D eigenvalue weighted by molar-refractivity contribution is -0.155. The topological polar surface area (TPSA) is 75.6 Å². The molecule has 0 aromatic rings. The van der Waals surface area contributed by atoms with Crippen molar-refractivity contribution in [1.82, 2.24) is 5.32 Å². The Bertz CT molecular complexity index is 230. The summed E-state index contributed by atoms with van der Waals surface area (Å²) in [5.74, 6) is -1.32. The molecule has 0 saturated heterocycles. The van der Waals surface area contributed by atoms with Crippen molar-refractivity contribution in [1.29, 1.82) is 0 Å². The van der Waals surface area contributed by atoms with Crippen molar-refractivity contribution < 1.29 is 19.4 Å². The van der Waals surface area contributed by atoms with Crippen LogP contribution >= 0.6 is 0 Å². The molecule has 0 radical (unpaired) electrons. The van der Waals surface area contributed by atoms with E-state index in [4.69, 9.17) is 9.84 Å². The van der Waals surface area contributed by atoms with E-state index in [1.165, 1.54) is 6.92 Å². The van der Waals surface area contributed by atoms with Crippen LogP contribution in [-0.4, -0.2) is 35.7 Å². The zero-order chi connectivity index (χ0) is 12.6. The summed E-state index contributed by atoms with van der Waals surface area (Å²) in [6.07, 6.45) is 1.41. The van der Waals surface area contributed by atoms with Gasteiger partial charge in [0.25, 0.3) is 0 Å². The van der Waals surface area contributed by atoms with Crippen LogP contribution in [0.1, 0.15) is 40.0 Å². The van der Waals surface area contributed by atoms with Gasteiger partial charge in [0.2, 0.25) is 5.91 Å². The minimum absolute atomic E-state index is 0.260. The monoisotopic (exact) mass is 231 g/mol. The van der Waals surface area contributed by atoms with Gasteiger partial charge in [-0.1, -0.05) is 19.8 Å². The van der Waals surface area contributed by atoms with Crippen LogP contribution < -0.4 is 5.32 Å². The highest BCUT2D eigenvalue weighted by molar-refractivity contribution is 5.81. The predicted octanol–water partition coefficient (Wildman–Crippen LogP) is 1.17. The molecule has 2 atom stereocenters. The van der Waals surface area contributed by atoms with Crippen LogP contribution in [0.5, 0.6) is 0 Å². The highest BCUT2D eigenvalue weighted by atomic mass is 16.5. The SMILES string of the molecule is CCCCCNC(=O)C(C)O[C@@H](C)C(=O)O. The number of carboxylic acids is 1. The standard InChI is InChI=1S/C11H21NO4/c1-4-5-6-7-12-10(13)8(2)16-9(3)11(14)15/h8-9H,4-7H2,1-3H3,(H,12,13)(H,14,15)/t8?,9-/m0/s1. The largest absolute Gasteiger partial charge is 0.479 e. The molecule has 0 saturated carbocycles. The Labute approximate surface area is 96.2 Å². The first-order chi connectivity index (χ1) is 7.49. The molecule has 0 aliphatic carbocycles. The lowest BCUT2D eigenvalue weighted by atomic mass is 10.2. The lowest BCUT2D eigenvalue weighted by Gasteiger charge is -2.15. The molecule has 0 spiro atoms. The van der Waals surface area contributed by atoms with E-state index in [1.807, 2.05) is 0 Å². The number of carbonyl (C=O) groups is 2. The molecule has 0 aliphatic rings. The molecule has 0 fully saturated rings. The zero-order valence-electron chi connectivity index (χ0n) is 10.2. The lowest BCUT2D eigenvalue weighted by Crippen LogP contribution is -2.38. The minimum Gasteiger partial charge on any atom is -0.479 e. The Balaban J connectivity index is 3.77. The van der Waals surface area contributed by atoms with Crippen molar-refractivity contribution in [2.45, 2.75) is 52.2 Å². The third kappa shape index (κ3) is 6.40. The van der Waals surface area contributed by atoms with E-state index in [0.29, 0.717) is 6.54 Å². The van der Waals surface area contributed by atoms with Gasteiger partial charge in [0.15, 0.2) is 6.10 Å². The van der Waals surface area contributed by atoms with Crippen LogP contribution in [0.15, 0.2) is 0 Å². The molecule has 0 aromatic heterocycles. The molecule has 0 bridgehead atoms. The van der Waals surface area contributed by atoms with Gasteiger partial charge in [-0.2, -0.15) is 0 Å². The molecule has 0 heterocycles. The van der Waals surface area contributed by atoms with Crippen LogP contribution in [0.2, 0.25) is 0 Å². The van der Waals surface area contributed by atoms with Gasteiger partial charge in [-0.25, -0.2) is 4.79 Å². The van der Waals surface area contributed by atoms with Gasteiger partial charge in [0.1, 0.15) is 6.10 Å². The van der Waals surface area contributed by atoms with E-state index in [0.717, 1.165) is 19.3 Å². The maximum atomic E-state index is 11.4. The number of nitrogens with one attached hydrogen (secondary N) is 1. The van der Waals surface area contributed by atoms with Crippen LogP contribution in [-0.2, 0) is 14.3 Å². The van der Waals surface area contributed by atoms with Crippen molar-refractivity contribution in [2.24, 2.45) is 0 Å². The number of aliphatic carboxylic acids is 1. The normalized spacial score (nSPS) is 14.2. The molecule has 0 aromatic carbocycles. The summed E-state index contributed by atoms with van der Waals surface area (Å²) >= 11 is 0. The molecule has 5 heteroatoms. The number of carboxylic acid groups (broad SMARTS) is 1. The summed E-state index contributed by atoms with van der Waals surface area (Å²) in [5, 5.41) is 11.3. The summed E-state index contributed by atoms with van der Waals surface area (Å²) in [4.78, 5) is 21.9. The Morgan fingerprint density at radius 1 is 1.25 bits per heavy atom. The summed E-state index contributed by atoms with van der Waals surface area (Å²) in [7, 11) is 0. The first-order valence-electron chi connectivity index (χ1n) is 5.65.